The van der Waals surface area contributed by atoms with Crippen LogP contribution in [0.3, 0.4) is 0 Å². The summed E-state index contributed by atoms with van der Waals surface area (Å²) in [5.74, 6) is -0.389. The van der Waals surface area contributed by atoms with Crippen LogP contribution in [-0.2, 0) is 0 Å². The highest BCUT2D eigenvalue weighted by Crippen LogP contribution is 2.39. The fraction of sp³-hybridized carbons (Fsp3) is 0.500. The van der Waals surface area contributed by atoms with Gasteiger partial charge in [0, 0.05) is 11.2 Å². The molecule has 0 radical (unpaired) electrons. The van der Waals surface area contributed by atoms with Crippen molar-refractivity contribution in [2.45, 2.75) is 39.2 Å². The molecule has 3 nitrogen and oxygen atoms in total. The highest BCUT2D eigenvalue weighted by Gasteiger charge is 2.39. The van der Waals surface area contributed by atoms with Crippen LogP contribution < -0.4 is 11.1 Å². The molecule has 0 heterocycles. The third-order valence-corrected chi connectivity index (χ3v) is 3.56. The van der Waals surface area contributed by atoms with E-state index in [1.165, 1.54) is 12.1 Å². The normalized spacial score (nSPS) is 15.6. The molecule has 0 saturated heterocycles. The van der Waals surface area contributed by atoms with E-state index in [0.717, 1.165) is 12.8 Å². The molecule has 1 fully saturated rings. The molecule has 98 valence electrons. The lowest BCUT2D eigenvalue weighted by Crippen LogP contribution is -2.45. The Morgan fingerprint density at radius 1 is 1.44 bits per heavy atom. The summed E-state index contributed by atoms with van der Waals surface area (Å²) in [4.78, 5) is 12.1. The second-order valence-electron chi connectivity index (χ2n) is 5.65. The number of nitrogens with one attached hydrogen (secondary N) is 1. The van der Waals surface area contributed by atoms with Crippen LogP contribution in [0.15, 0.2) is 12.1 Å². The second-order valence-corrected chi connectivity index (χ2v) is 5.65. The molecule has 1 aromatic rings. The van der Waals surface area contributed by atoms with Gasteiger partial charge < -0.3 is 11.1 Å². The monoisotopic (exact) mass is 250 g/mol. The van der Waals surface area contributed by atoms with Gasteiger partial charge in [-0.3, -0.25) is 4.79 Å². The van der Waals surface area contributed by atoms with Gasteiger partial charge in [-0.1, -0.05) is 0 Å². The van der Waals surface area contributed by atoms with Gasteiger partial charge in [0.1, 0.15) is 5.82 Å². The van der Waals surface area contributed by atoms with Gasteiger partial charge in [-0.15, -0.1) is 0 Å². The fourth-order valence-electron chi connectivity index (χ4n) is 2.23. The molecule has 0 aliphatic heterocycles. The summed E-state index contributed by atoms with van der Waals surface area (Å²) in [5, 5.41) is 2.90. The minimum atomic E-state index is -0.492. The number of nitrogens with two attached hydrogens (primary N) is 1. The molecule has 3 N–H and O–H groups in total. The van der Waals surface area contributed by atoms with E-state index < -0.39 is 5.82 Å². The number of benzene rings is 1. The van der Waals surface area contributed by atoms with E-state index in [2.05, 4.69) is 5.32 Å². The number of carbonyl (C=O) groups excluding carboxylic acids is 1. The molecule has 1 saturated carbocycles. The first kappa shape index (κ1) is 12.9. The van der Waals surface area contributed by atoms with Crippen molar-refractivity contribution in [3.63, 3.8) is 0 Å². The summed E-state index contributed by atoms with van der Waals surface area (Å²) in [6.07, 6.45) is 2.23. The lowest BCUT2D eigenvalue weighted by Gasteiger charge is -2.26. The summed E-state index contributed by atoms with van der Waals surface area (Å²) in [5.41, 5.74) is 6.19. The van der Waals surface area contributed by atoms with Gasteiger partial charge >= 0.3 is 0 Å². The van der Waals surface area contributed by atoms with E-state index in [9.17, 15) is 9.18 Å². The standard InChI is InChI=1S/C14H19FN2O/c1-8-6-10(16)7-11(12(8)15)13(18)17-14(2,3)9-4-5-9/h6-7,9H,4-5,16H2,1-3H3,(H,17,18). The van der Waals surface area contributed by atoms with Crippen molar-refractivity contribution in [1.29, 1.82) is 0 Å². The number of rotatable bonds is 3. The largest absolute Gasteiger partial charge is 0.399 e. The average Bonchev–Trinajstić information content (AvgIpc) is 3.06. The van der Waals surface area contributed by atoms with Gasteiger partial charge in [-0.05, 0) is 57.2 Å². The van der Waals surface area contributed by atoms with Crippen LogP contribution in [0.25, 0.3) is 0 Å². The third kappa shape index (κ3) is 2.47. The Morgan fingerprint density at radius 3 is 2.61 bits per heavy atom. The molecule has 1 amide bonds. The van der Waals surface area contributed by atoms with Crippen LogP contribution in [-0.4, -0.2) is 11.4 Å². The average molecular weight is 250 g/mol. The first-order valence-corrected chi connectivity index (χ1v) is 6.19. The van der Waals surface area contributed by atoms with Crippen molar-refractivity contribution in [3.05, 3.63) is 29.1 Å². The quantitative estimate of drug-likeness (QED) is 0.810. The maximum absolute atomic E-state index is 13.9. The first-order valence-electron chi connectivity index (χ1n) is 6.19. The van der Waals surface area contributed by atoms with Crippen LogP contribution >= 0.6 is 0 Å². The highest BCUT2D eigenvalue weighted by molar-refractivity contribution is 5.96. The van der Waals surface area contributed by atoms with Gasteiger partial charge in [0.05, 0.1) is 5.56 Å². The summed E-state index contributed by atoms with van der Waals surface area (Å²) < 4.78 is 13.9. The van der Waals surface area contributed by atoms with E-state index in [1.54, 1.807) is 6.92 Å². The van der Waals surface area contributed by atoms with Gasteiger partial charge in [0.2, 0.25) is 0 Å². The molecule has 0 unspecified atom stereocenters. The van der Waals surface area contributed by atoms with Gasteiger partial charge in [-0.2, -0.15) is 0 Å². The smallest absolute Gasteiger partial charge is 0.254 e. The number of anilines is 1. The molecule has 1 aromatic carbocycles. The zero-order valence-electron chi connectivity index (χ0n) is 11.0. The molecule has 2 rings (SSSR count). The molecular formula is C14H19FN2O. The zero-order chi connectivity index (χ0) is 13.5. The Kier molecular flexibility index (Phi) is 3.05. The number of carbonyl (C=O) groups is 1. The Morgan fingerprint density at radius 2 is 2.06 bits per heavy atom. The number of hydrogen-bond acceptors (Lipinski definition) is 2. The Bertz CT molecular complexity index is 493. The minimum absolute atomic E-state index is 0.0289. The zero-order valence-corrected chi connectivity index (χ0v) is 11.0. The summed E-state index contributed by atoms with van der Waals surface area (Å²) >= 11 is 0. The second kappa shape index (κ2) is 4.26. The highest BCUT2D eigenvalue weighted by atomic mass is 19.1. The van der Waals surface area contributed by atoms with Gasteiger partial charge in [0.25, 0.3) is 5.91 Å². The van der Waals surface area contributed by atoms with Crippen molar-refractivity contribution in [3.8, 4) is 0 Å². The molecule has 0 spiro atoms. The fourth-order valence-corrected chi connectivity index (χ4v) is 2.23. The van der Waals surface area contributed by atoms with E-state index in [4.69, 9.17) is 5.73 Å². The molecule has 18 heavy (non-hydrogen) atoms. The number of aryl methyl sites for hydroxylation is 1. The molecular weight excluding hydrogens is 231 g/mol. The lowest BCUT2D eigenvalue weighted by molar-refractivity contribution is 0.0899. The maximum Gasteiger partial charge on any atom is 0.254 e. The molecule has 0 bridgehead atoms. The minimum Gasteiger partial charge on any atom is -0.399 e. The van der Waals surface area contributed by atoms with Crippen molar-refractivity contribution < 1.29 is 9.18 Å². The summed E-state index contributed by atoms with van der Waals surface area (Å²) in [6.45, 7) is 5.55. The van der Waals surface area contributed by atoms with Crippen molar-refractivity contribution in [1.82, 2.24) is 5.32 Å². The predicted octanol–water partition coefficient (Wildman–Crippen LogP) is 2.63. The topological polar surface area (TPSA) is 55.1 Å². The molecule has 1 aliphatic rings. The predicted molar refractivity (Wildman–Crippen MR) is 69.8 cm³/mol. The Labute approximate surface area is 107 Å². The van der Waals surface area contributed by atoms with Crippen molar-refractivity contribution in [2.24, 2.45) is 5.92 Å². The van der Waals surface area contributed by atoms with E-state index in [0.29, 0.717) is 17.2 Å². The summed E-state index contributed by atoms with van der Waals surface area (Å²) in [6, 6.07) is 2.92. The van der Waals surface area contributed by atoms with Crippen LogP contribution in [0.2, 0.25) is 0 Å². The van der Waals surface area contributed by atoms with Crippen LogP contribution in [0.4, 0.5) is 10.1 Å². The van der Waals surface area contributed by atoms with Crippen LogP contribution in [0, 0.1) is 18.7 Å². The van der Waals surface area contributed by atoms with Gasteiger partial charge in [-0.25, -0.2) is 4.39 Å². The summed E-state index contributed by atoms with van der Waals surface area (Å²) in [7, 11) is 0. The maximum atomic E-state index is 13.9. The molecule has 0 atom stereocenters. The molecule has 1 aliphatic carbocycles. The Balaban J connectivity index is 2.23. The van der Waals surface area contributed by atoms with Crippen molar-refractivity contribution >= 4 is 11.6 Å². The number of hydrogen-bond donors (Lipinski definition) is 2. The number of halogens is 1. The lowest BCUT2D eigenvalue weighted by atomic mass is 9.97. The molecule has 4 heteroatoms. The van der Waals surface area contributed by atoms with Crippen LogP contribution in [0.1, 0.15) is 42.6 Å². The third-order valence-electron chi connectivity index (χ3n) is 3.56. The van der Waals surface area contributed by atoms with E-state index in [-0.39, 0.29) is 17.0 Å². The first-order chi connectivity index (χ1) is 8.31. The SMILES string of the molecule is Cc1cc(N)cc(C(=O)NC(C)(C)C2CC2)c1F. The van der Waals surface area contributed by atoms with Crippen molar-refractivity contribution in [2.75, 3.05) is 5.73 Å². The Hall–Kier alpha value is -1.58. The van der Waals surface area contributed by atoms with E-state index >= 15 is 0 Å². The number of amides is 1. The van der Waals surface area contributed by atoms with Gasteiger partial charge in [0.15, 0.2) is 0 Å². The molecule has 0 aromatic heterocycles. The van der Waals surface area contributed by atoms with E-state index in [1.807, 2.05) is 13.8 Å². The van der Waals surface area contributed by atoms with Crippen LogP contribution in [0.5, 0.6) is 0 Å². The number of nitrogen functional groups attached to an aromatic ring is 1.